The third-order valence-corrected chi connectivity index (χ3v) is 5.96. The molecule has 3 aromatic rings. The summed E-state index contributed by atoms with van der Waals surface area (Å²) >= 11 is 0. The molecule has 1 unspecified atom stereocenters. The third-order valence-electron chi connectivity index (χ3n) is 4.80. The lowest BCUT2D eigenvalue weighted by atomic mass is 10.1. The minimum Gasteiger partial charge on any atom is -0.496 e. The molecule has 0 saturated heterocycles. The molecule has 180 valence electrons. The number of ether oxygens (including phenoxy) is 2. The summed E-state index contributed by atoms with van der Waals surface area (Å²) in [6, 6.07) is 10.4. The molecule has 1 heterocycles. The van der Waals surface area contributed by atoms with E-state index in [0.29, 0.717) is 11.3 Å². The number of nitrogens with one attached hydrogen (secondary N) is 2. The van der Waals surface area contributed by atoms with Crippen LogP contribution in [0.15, 0.2) is 47.4 Å². The third kappa shape index (κ3) is 5.45. The van der Waals surface area contributed by atoms with Gasteiger partial charge in [0, 0.05) is 16.8 Å². The van der Waals surface area contributed by atoms with Gasteiger partial charge in [-0.3, -0.25) is 4.79 Å². The van der Waals surface area contributed by atoms with Crippen molar-refractivity contribution in [3.63, 3.8) is 0 Å². The highest BCUT2D eigenvalue weighted by atomic mass is 32.2. The van der Waals surface area contributed by atoms with E-state index in [1.165, 1.54) is 43.7 Å². The van der Waals surface area contributed by atoms with Crippen molar-refractivity contribution in [3.05, 3.63) is 64.8 Å². The lowest BCUT2D eigenvalue weighted by Gasteiger charge is -2.16. The minimum absolute atomic E-state index is 0.139. The van der Waals surface area contributed by atoms with Crippen LogP contribution in [0.1, 0.15) is 27.2 Å². The van der Waals surface area contributed by atoms with Crippen LogP contribution in [-0.4, -0.2) is 33.7 Å². The molecule has 1 aromatic heterocycles. The maximum absolute atomic E-state index is 13.5. The maximum Gasteiger partial charge on any atom is 0.435 e. The van der Waals surface area contributed by atoms with Gasteiger partial charge in [-0.15, -0.1) is 10.2 Å². The van der Waals surface area contributed by atoms with Crippen LogP contribution in [0.2, 0.25) is 0 Å². The second-order valence-electron chi connectivity index (χ2n) is 7.41. The summed E-state index contributed by atoms with van der Waals surface area (Å²) in [4.78, 5) is 13.2. The SMILES string of the molecule is COc1ccc(Oc2nnc(C(F)(F)F)c(C)c2C(=O)Nc2cccc(S(C)(=N)=O)c2)cc1C. The molecule has 1 amide bonds. The van der Waals surface area contributed by atoms with Gasteiger partial charge in [-0.1, -0.05) is 6.07 Å². The maximum atomic E-state index is 13.5. The summed E-state index contributed by atoms with van der Waals surface area (Å²) in [6.07, 6.45) is -3.64. The number of nitrogens with zero attached hydrogens (tertiary/aromatic N) is 2. The number of alkyl halides is 3. The molecule has 0 radical (unpaired) electrons. The van der Waals surface area contributed by atoms with Crippen molar-refractivity contribution in [3.8, 4) is 17.4 Å². The van der Waals surface area contributed by atoms with Gasteiger partial charge in [0.15, 0.2) is 5.69 Å². The topological polar surface area (TPSA) is 114 Å². The van der Waals surface area contributed by atoms with Crippen LogP contribution in [0.3, 0.4) is 0 Å². The molecule has 1 atom stereocenters. The van der Waals surface area contributed by atoms with Gasteiger partial charge < -0.3 is 14.8 Å². The van der Waals surface area contributed by atoms with E-state index in [9.17, 15) is 22.2 Å². The summed E-state index contributed by atoms with van der Waals surface area (Å²) < 4.78 is 70.9. The van der Waals surface area contributed by atoms with Crippen LogP contribution in [0.5, 0.6) is 17.4 Å². The minimum atomic E-state index is -4.85. The number of anilines is 1. The van der Waals surface area contributed by atoms with Gasteiger partial charge in [-0.05, 0) is 61.4 Å². The van der Waals surface area contributed by atoms with Crippen LogP contribution in [0.4, 0.5) is 18.9 Å². The van der Waals surface area contributed by atoms with Gasteiger partial charge in [0.1, 0.15) is 17.1 Å². The van der Waals surface area contributed by atoms with Gasteiger partial charge in [0.25, 0.3) is 11.8 Å². The van der Waals surface area contributed by atoms with Crippen LogP contribution in [0, 0.1) is 18.6 Å². The zero-order valence-electron chi connectivity index (χ0n) is 18.6. The molecule has 0 aliphatic carbocycles. The predicted molar refractivity (Wildman–Crippen MR) is 119 cm³/mol. The normalized spacial score (nSPS) is 13.1. The van der Waals surface area contributed by atoms with Crippen LogP contribution < -0.4 is 14.8 Å². The number of methoxy groups -OCH3 is 1. The number of hydrogen-bond donors (Lipinski definition) is 2. The molecule has 2 N–H and O–H groups in total. The van der Waals surface area contributed by atoms with E-state index in [1.807, 2.05) is 0 Å². The number of rotatable bonds is 6. The molecule has 2 aromatic carbocycles. The number of halogens is 3. The molecule has 34 heavy (non-hydrogen) atoms. The summed E-state index contributed by atoms with van der Waals surface area (Å²) in [7, 11) is -1.59. The zero-order chi connectivity index (χ0) is 25.3. The van der Waals surface area contributed by atoms with Crippen LogP contribution >= 0.6 is 0 Å². The van der Waals surface area contributed by atoms with Crippen molar-refractivity contribution in [2.75, 3.05) is 18.7 Å². The second kappa shape index (κ2) is 9.29. The van der Waals surface area contributed by atoms with E-state index in [1.54, 1.807) is 19.1 Å². The highest BCUT2D eigenvalue weighted by Crippen LogP contribution is 2.35. The summed E-state index contributed by atoms with van der Waals surface area (Å²) in [5.74, 6) is -0.587. The van der Waals surface area contributed by atoms with Crippen LogP contribution in [0.25, 0.3) is 0 Å². The van der Waals surface area contributed by atoms with E-state index in [2.05, 4.69) is 15.5 Å². The van der Waals surface area contributed by atoms with Crippen molar-refractivity contribution in [2.24, 2.45) is 0 Å². The first-order valence-corrected chi connectivity index (χ1v) is 11.7. The first-order valence-electron chi connectivity index (χ1n) is 9.73. The van der Waals surface area contributed by atoms with Crippen molar-refractivity contribution in [1.82, 2.24) is 10.2 Å². The van der Waals surface area contributed by atoms with Gasteiger partial charge in [-0.25, -0.2) is 8.99 Å². The molecular formula is C22H21F3N4O4S. The van der Waals surface area contributed by atoms with Gasteiger partial charge in [0.05, 0.1) is 16.8 Å². The van der Waals surface area contributed by atoms with E-state index in [4.69, 9.17) is 14.3 Å². The number of carbonyl (C=O) groups is 1. The Morgan fingerprint density at radius 1 is 1.12 bits per heavy atom. The first-order chi connectivity index (χ1) is 15.8. The second-order valence-corrected chi connectivity index (χ2v) is 9.57. The Morgan fingerprint density at radius 2 is 1.82 bits per heavy atom. The summed E-state index contributed by atoms with van der Waals surface area (Å²) in [6.45, 7) is 2.84. The molecular weight excluding hydrogens is 473 g/mol. The first kappa shape index (κ1) is 25.0. The summed E-state index contributed by atoms with van der Waals surface area (Å²) in [5.41, 5.74) is -1.44. The Labute approximate surface area is 194 Å². The molecule has 0 saturated carbocycles. The Kier molecular flexibility index (Phi) is 6.82. The number of hydrogen-bond acceptors (Lipinski definition) is 7. The van der Waals surface area contributed by atoms with Crippen molar-refractivity contribution in [1.29, 1.82) is 4.78 Å². The van der Waals surface area contributed by atoms with Gasteiger partial charge in [-0.2, -0.15) is 13.2 Å². The lowest BCUT2D eigenvalue weighted by Crippen LogP contribution is -2.21. The highest BCUT2D eigenvalue weighted by molar-refractivity contribution is 7.91. The zero-order valence-corrected chi connectivity index (χ0v) is 19.4. The van der Waals surface area contributed by atoms with Crippen molar-refractivity contribution in [2.45, 2.75) is 24.9 Å². The number of aromatic nitrogens is 2. The van der Waals surface area contributed by atoms with Crippen molar-refractivity contribution < 1.29 is 31.6 Å². The van der Waals surface area contributed by atoms with E-state index < -0.39 is 44.5 Å². The fourth-order valence-corrected chi connectivity index (χ4v) is 3.83. The molecule has 0 fully saturated rings. The average molecular weight is 494 g/mol. The average Bonchev–Trinajstić information content (AvgIpc) is 2.72. The van der Waals surface area contributed by atoms with Crippen molar-refractivity contribution >= 4 is 21.3 Å². The monoisotopic (exact) mass is 494 g/mol. The Balaban J connectivity index is 2.06. The fraction of sp³-hybridized carbons (Fsp3) is 0.227. The number of benzene rings is 2. The van der Waals surface area contributed by atoms with E-state index >= 15 is 0 Å². The molecule has 0 spiro atoms. The Bertz CT molecular complexity index is 1360. The Morgan fingerprint density at radius 3 is 2.41 bits per heavy atom. The molecule has 0 aliphatic rings. The summed E-state index contributed by atoms with van der Waals surface area (Å²) in [5, 5.41) is 9.23. The van der Waals surface area contributed by atoms with E-state index in [0.717, 1.165) is 6.92 Å². The molecule has 3 rings (SSSR count). The lowest BCUT2D eigenvalue weighted by molar-refractivity contribution is -0.142. The van der Waals surface area contributed by atoms with Gasteiger partial charge in [0.2, 0.25) is 0 Å². The molecule has 0 aliphatic heterocycles. The molecule has 0 bridgehead atoms. The quantitative estimate of drug-likeness (QED) is 0.487. The number of amides is 1. The van der Waals surface area contributed by atoms with Gasteiger partial charge >= 0.3 is 6.18 Å². The smallest absolute Gasteiger partial charge is 0.435 e. The molecule has 12 heteroatoms. The molecule has 8 nitrogen and oxygen atoms in total. The fourth-order valence-electron chi connectivity index (χ4n) is 3.14. The van der Waals surface area contributed by atoms with Crippen LogP contribution in [-0.2, 0) is 15.9 Å². The number of carbonyl (C=O) groups excluding carboxylic acids is 1. The highest BCUT2D eigenvalue weighted by Gasteiger charge is 2.38. The Hall–Kier alpha value is -3.67. The van der Waals surface area contributed by atoms with E-state index in [-0.39, 0.29) is 16.3 Å². The predicted octanol–water partition coefficient (Wildman–Crippen LogP) is 5.20. The number of aryl methyl sites for hydroxylation is 1. The largest absolute Gasteiger partial charge is 0.496 e. The standard InChI is InChI=1S/C22H21F3N4O4S/c1-12-10-15(8-9-17(12)32-3)33-21-18(13(2)19(28-29-21)22(23,24)25)20(30)27-14-6-5-7-16(11-14)34(4,26)31/h5-11,26H,1-4H3,(H,27,30).